The lowest BCUT2D eigenvalue weighted by Gasteiger charge is -2.15. The first kappa shape index (κ1) is 11.2. The number of H-pyrrole nitrogens is 1. The van der Waals surface area contributed by atoms with E-state index >= 15 is 0 Å². The van der Waals surface area contributed by atoms with Gasteiger partial charge >= 0.3 is 0 Å². The molecule has 3 rings (SSSR count). The lowest BCUT2D eigenvalue weighted by Crippen LogP contribution is -2.27. The number of nitrogens with zero attached hydrogens (tertiary/aromatic N) is 2. The largest absolute Gasteiger partial charge is 0.312 e. The Morgan fingerprint density at radius 2 is 2.35 bits per heavy atom. The summed E-state index contributed by atoms with van der Waals surface area (Å²) >= 11 is 0. The predicted octanol–water partition coefficient (Wildman–Crippen LogP) is 1.29. The van der Waals surface area contributed by atoms with E-state index in [4.69, 9.17) is 0 Å². The van der Waals surface area contributed by atoms with E-state index in [0.29, 0.717) is 0 Å². The van der Waals surface area contributed by atoms with Crippen LogP contribution in [0.25, 0.3) is 0 Å². The van der Waals surface area contributed by atoms with E-state index in [1.165, 1.54) is 43.6 Å². The average Bonchev–Trinajstić information content (AvgIpc) is 2.94. The Morgan fingerprint density at radius 1 is 1.47 bits per heavy atom. The zero-order valence-corrected chi connectivity index (χ0v) is 10.6. The molecule has 17 heavy (non-hydrogen) atoms. The quantitative estimate of drug-likeness (QED) is 0.807. The fraction of sp³-hybridized carbons (Fsp3) is 0.769. The van der Waals surface area contributed by atoms with E-state index in [-0.39, 0.29) is 0 Å². The summed E-state index contributed by atoms with van der Waals surface area (Å²) in [5.41, 5.74) is 2.48. The Bertz CT molecular complexity index is 369. The van der Waals surface area contributed by atoms with E-state index in [9.17, 15) is 0 Å². The first-order valence-electron chi connectivity index (χ1n) is 6.76. The topological polar surface area (TPSA) is 44.0 Å². The summed E-state index contributed by atoms with van der Waals surface area (Å²) in [5, 5.41) is 10.6. The second-order valence-electron chi connectivity index (χ2n) is 5.53. The number of nitrogens with one attached hydrogen (secondary N) is 2. The van der Waals surface area contributed by atoms with Crippen LogP contribution in [-0.4, -0.2) is 40.8 Å². The molecule has 1 aromatic heterocycles. The van der Waals surface area contributed by atoms with Crippen molar-refractivity contribution in [2.75, 3.05) is 19.6 Å². The molecule has 0 amide bonds. The lowest BCUT2D eigenvalue weighted by atomic mass is 10.1. The molecule has 2 fully saturated rings. The van der Waals surface area contributed by atoms with Crippen molar-refractivity contribution >= 4 is 0 Å². The molecule has 1 unspecified atom stereocenters. The minimum absolute atomic E-state index is 0.850. The standard InChI is InChI=1S/C13H22N4/c1-10-12(8-15-16-10)7-14-6-11-4-5-17(9-11)13-2-3-13/h8,11,13-14H,2-7,9H2,1H3,(H,15,16). The molecular weight excluding hydrogens is 212 g/mol. The van der Waals surface area contributed by atoms with E-state index in [0.717, 1.165) is 25.0 Å². The van der Waals surface area contributed by atoms with Crippen molar-refractivity contribution in [2.45, 2.75) is 38.8 Å². The molecule has 4 nitrogen and oxygen atoms in total. The van der Waals surface area contributed by atoms with Gasteiger partial charge in [0.15, 0.2) is 0 Å². The second kappa shape index (κ2) is 4.78. The van der Waals surface area contributed by atoms with Crippen LogP contribution in [-0.2, 0) is 6.54 Å². The SMILES string of the molecule is Cc1[nH]ncc1CNCC1CCN(C2CC2)C1. The van der Waals surface area contributed by atoms with Gasteiger partial charge in [-0.1, -0.05) is 0 Å². The van der Waals surface area contributed by atoms with E-state index in [2.05, 4.69) is 27.3 Å². The normalized spacial score (nSPS) is 25.6. The van der Waals surface area contributed by atoms with Crippen LogP contribution in [0.2, 0.25) is 0 Å². The third-order valence-electron chi connectivity index (χ3n) is 4.06. The van der Waals surface area contributed by atoms with E-state index < -0.39 is 0 Å². The van der Waals surface area contributed by atoms with Gasteiger partial charge in [0, 0.05) is 30.4 Å². The van der Waals surface area contributed by atoms with Gasteiger partial charge in [0.05, 0.1) is 6.20 Å². The van der Waals surface area contributed by atoms with Crippen molar-refractivity contribution in [3.05, 3.63) is 17.5 Å². The number of hydrogen-bond acceptors (Lipinski definition) is 3. The highest BCUT2D eigenvalue weighted by Crippen LogP contribution is 2.31. The molecule has 1 aliphatic heterocycles. The summed E-state index contributed by atoms with van der Waals surface area (Å²) in [4.78, 5) is 2.68. The van der Waals surface area contributed by atoms with Gasteiger partial charge in [-0.25, -0.2) is 0 Å². The predicted molar refractivity (Wildman–Crippen MR) is 67.7 cm³/mol. The molecule has 1 saturated heterocycles. The minimum Gasteiger partial charge on any atom is -0.312 e. The molecule has 2 heterocycles. The fourth-order valence-corrected chi connectivity index (χ4v) is 2.77. The highest BCUT2D eigenvalue weighted by molar-refractivity contribution is 5.13. The first-order chi connectivity index (χ1) is 8.33. The maximum atomic E-state index is 4.04. The zero-order chi connectivity index (χ0) is 11.7. The van der Waals surface area contributed by atoms with Gasteiger partial charge in [-0.05, 0) is 45.2 Å². The Morgan fingerprint density at radius 3 is 3.06 bits per heavy atom. The molecule has 0 radical (unpaired) electrons. The smallest absolute Gasteiger partial charge is 0.0535 e. The molecule has 2 N–H and O–H groups in total. The number of likely N-dealkylation sites (tertiary alicyclic amines) is 1. The Balaban J connectivity index is 1.39. The summed E-state index contributed by atoms with van der Waals surface area (Å²) < 4.78 is 0. The van der Waals surface area contributed by atoms with Crippen molar-refractivity contribution in [2.24, 2.45) is 5.92 Å². The van der Waals surface area contributed by atoms with Crippen molar-refractivity contribution in [3.63, 3.8) is 0 Å². The molecule has 1 aromatic rings. The van der Waals surface area contributed by atoms with Crippen LogP contribution in [0.3, 0.4) is 0 Å². The van der Waals surface area contributed by atoms with E-state index in [1.54, 1.807) is 0 Å². The molecule has 4 heteroatoms. The minimum atomic E-state index is 0.850. The maximum Gasteiger partial charge on any atom is 0.0535 e. The molecule has 94 valence electrons. The third-order valence-corrected chi connectivity index (χ3v) is 4.06. The number of hydrogen-bond donors (Lipinski definition) is 2. The van der Waals surface area contributed by atoms with Crippen LogP contribution < -0.4 is 5.32 Å². The summed E-state index contributed by atoms with van der Waals surface area (Å²) in [7, 11) is 0. The van der Waals surface area contributed by atoms with Crippen LogP contribution in [0.4, 0.5) is 0 Å². The monoisotopic (exact) mass is 234 g/mol. The van der Waals surface area contributed by atoms with Crippen LogP contribution in [0.15, 0.2) is 6.20 Å². The summed E-state index contributed by atoms with van der Waals surface area (Å²) in [6.07, 6.45) is 6.17. The number of aryl methyl sites for hydroxylation is 1. The van der Waals surface area contributed by atoms with Crippen molar-refractivity contribution in [3.8, 4) is 0 Å². The van der Waals surface area contributed by atoms with Crippen molar-refractivity contribution in [1.29, 1.82) is 0 Å². The number of aromatic nitrogens is 2. The highest BCUT2D eigenvalue weighted by Gasteiger charge is 2.33. The van der Waals surface area contributed by atoms with Gasteiger partial charge in [-0.3, -0.25) is 5.10 Å². The molecule has 1 aliphatic carbocycles. The van der Waals surface area contributed by atoms with E-state index in [1.807, 2.05) is 6.20 Å². The van der Waals surface area contributed by atoms with Gasteiger partial charge in [0.2, 0.25) is 0 Å². The van der Waals surface area contributed by atoms with Crippen molar-refractivity contribution < 1.29 is 0 Å². The molecule has 2 aliphatic rings. The van der Waals surface area contributed by atoms with Gasteiger partial charge in [-0.15, -0.1) is 0 Å². The third kappa shape index (κ3) is 2.69. The van der Waals surface area contributed by atoms with Crippen molar-refractivity contribution in [1.82, 2.24) is 20.4 Å². The van der Waals surface area contributed by atoms with Crippen LogP contribution >= 0.6 is 0 Å². The van der Waals surface area contributed by atoms with Crippen LogP contribution in [0.5, 0.6) is 0 Å². The van der Waals surface area contributed by atoms with Gasteiger partial charge in [0.1, 0.15) is 0 Å². The number of rotatable bonds is 5. The van der Waals surface area contributed by atoms with Gasteiger partial charge < -0.3 is 10.2 Å². The molecule has 1 atom stereocenters. The molecule has 0 aromatic carbocycles. The van der Waals surface area contributed by atoms with Gasteiger partial charge in [-0.2, -0.15) is 5.10 Å². The molecule has 1 saturated carbocycles. The molecule has 0 spiro atoms. The molecule has 0 bridgehead atoms. The maximum absolute atomic E-state index is 4.04. The zero-order valence-electron chi connectivity index (χ0n) is 10.6. The average molecular weight is 234 g/mol. The second-order valence-corrected chi connectivity index (χ2v) is 5.53. The Kier molecular flexibility index (Phi) is 3.16. The lowest BCUT2D eigenvalue weighted by molar-refractivity contribution is 0.312. The Hall–Kier alpha value is -0.870. The summed E-state index contributed by atoms with van der Waals surface area (Å²) in [6, 6.07) is 0.941. The number of aromatic amines is 1. The summed E-state index contributed by atoms with van der Waals surface area (Å²) in [5.74, 6) is 0.850. The first-order valence-corrected chi connectivity index (χ1v) is 6.76. The fourth-order valence-electron chi connectivity index (χ4n) is 2.77. The summed E-state index contributed by atoms with van der Waals surface area (Å²) in [6.45, 7) is 6.80. The van der Waals surface area contributed by atoms with Crippen LogP contribution in [0, 0.1) is 12.8 Å². The Labute approximate surface area is 103 Å². The molecular formula is C13H22N4. The van der Waals surface area contributed by atoms with Crippen LogP contribution in [0.1, 0.15) is 30.5 Å². The van der Waals surface area contributed by atoms with Gasteiger partial charge in [0.25, 0.3) is 0 Å². The highest BCUT2D eigenvalue weighted by atomic mass is 15.2.